The molecule has 0 saturated carbocycles. The van der Waals surface area contributed by atoms with Gasteiger partial charge in [0.15, 0.2) is 11.0 Å². The van der Waals surface area contributed by atoms with Crippen molar-refractivity contribution in [3.63, 3.8) is 0 Å². The second-order valence-corrected chi connectivity index (χ2v) is 9.05. The molecule has 0 radical (unpaired) electrons. The van der Waals surface area contributed by atoms with Gasteiger partial charge in [-0.3, -0.25) is 0 Å². The largest absolute Gasteiger partial charge is 0.302 e. The van der Waals surface area contributed by atoms with Crippen molar-refractivity contribution in [1.82, 2.24) is 14.8 Å². The van der Waals surface area contributed by atoms with Crippen molar-refractivity contribution < 1.29 is 0 Å². The fourth-order valence-corrected chi connectivity index (χ4v) is 5.64. The van der Waals surface area contributed by atoms with E-state index in [0.717, 1.165) is 27.8 Å². The number of benzene rings is 1. The number of aryl methyl sites for hydroxylation is 1. The van der Waals surface area contributed by atoms with Crippen LogP contribution in [-0.4, -0.2) is 14.8 Å². The zero-order chi connectivity index (χ0) is 17.2. The van der Waals surface area contributed by atoms with Crippen molar-refractivity contribution in [1.29, 1.82) is 0 Å². The van der Waals surface area contributed by atoms with Crippen molar-refractivity contribution in [2.24, 2.45) is 0 Å². The molecule has 6 heteroatoms. The summed E-state index contributed by atoms with van der Waals surface area (Å²) in [5.74, 6) is 1.95. The zero-order valence-corrected chi connectivity index (χ0v) is 17.4. The first kappa shape index (κ1) is 17.3. The highest BCUT2D eigenvalue weighted by molar-refractivity contribution is 9.10. The summed E-state index contributed by atoms with van der Waals surface area (Å²) in [6, 6.07) is 8.48. The minimum absolute atomic E-state index is 0.898. The predicted octanol–water partition coefficient (Wildman–Crippen LogP) is 5.96. The van der Waals surface area contributed by atoms with Gasteiger partial charge in [0.1, 0.15) is 0 Å². The predicted molar refractivity (Wildman–Crippen MR) is 109 cm³/mol. The van der Waals surface area contributed by atoms with Gasteiger partial charge in [-0.05, 0) is 55.9 Å². The Labute approximate surface area is 165 Å². The van der Waals surface area contributed by atoms with Gasteiger partial charge < -0.3 is 4.57 Å². The Hall–Kier alpha value is -1.11. The number of nitrogens with zero attached hydrogens (tertiary/aromatic N) is 3. The molecule has 2 heterocycles. The van der Waals surface area contributed by atoms with Crippen LogP contribution in [-0.2, 0) is 25.1 Å². The minimum atomic E-state index is 0.898. The fourth-order valence-electron chi connectivity index (χ4n) is 3.29. The second kappa shape index (κ2) is 7.64. The second-order valence-electron chi connectivity index (χ2n) is 6.22. The summed E-state index contributed by atoms with van der Waals surface area (Å²) in [4.78, 5) is 1.55. The van der Waals surface area contributed by atoms with Crippen molar-refractivity contribution in [3.8, 4) is 11.4 Å². The van der Waals surface area contributed by atoms with Crippen LogP contribution in [0.5, 0.6) is 0 Å². The van der Waals surface area contributed by atoms with E-state index in [-0.39, 0.29) is 0 Å². The first-order valence-electron chi connectivity index (χ1n) is 8.66. The van der Waals surface area contributed by atoms with E-state index in [1.54, 1.807) is 16.6 Å². The topological polar surface area (TPSA) is 30.7 Å². The standard InChI is InChI=1S/C19H20BrN3S2/c1-2-23-18(16-12-24-17-6-4-3-5-15(16)17)21-22-19(23)25-11-13-7-9-14(20)10-8-13/h7-10,12H,2-6,11H2,1H3. The first-order valence-corrected chi connectivity index (χ1v) is 11.3. The molecule has 0 spiro atoms. The van der Waals surface area contributed by atoms with Gasteiger partial charge >= 0.3 is 0 Å². The third-order valence-electron chi connectivity index (χ3n) is 4.62. The molecule has 0 saturated heterocycles. The fraction of sp³-hybridized carbons (Fsp3) is 0.368. The molecule has 0 unspecified atom stereocenters. The normalized spacial score (nSPS) is 13.8. The van der Waals surface area contributed by atoms with Crippen molar-refractivity contribution in [2.45, 2.75) is 50.1 Å². The van der Waals surface area contributed by atoms with Gasteiger partial charge in [-0.2, -0.15) is 0 Å². The van der Waals surface area contributed by atoms with Gasteiger partial charge in [-0.15, -0.1) is 21.5 Å². The van der Waals surface area contributed by atoms with E-state index in [9.17, 15) is 0 Å². The lowest BCUT2D eigenvalue weighted by atomic mass is 9.96. The van der Waals surface area contributed by atoms with Gasteiger partial charge in [0.25, 0.3) is 0 Å². The highest BCUT2D eigenvalue weighted by atomic mass is 79.9. The van der Waals surface area contributed by atoms with Crippen molar-refractivity contribution in [3.05, 3.63) is 50.1 Å². The average molecular weight is 434 g/mol. The minimum Gasteiger partial charge on any atom is -0.302 e. The summed E-state index contributed by atoms with van der Waals surface area (Å²) in [5.41, 5.74) is 4.13. The van der Waals surface area contributed by atoms with Crippen LogP contribution in [0.4, 0.5) is 0 Å². The Bertz CT molecular complexity index is 867. The maximum Gasteiger partial charge on any atom is 0.191 e. The van der Waals surface area contributed by atoms with E-state index in [2.05, 4.69) is 67.3 Å². The Morgan fingerprint density at radius 1 is 1.16 bits per heavy atom. The molecule has 1 aliphatic rings. The molecular weight excluding hydrogens is 414 g/mol. The lowest BCUT2D eigenvalue weighted by Gasteiger charge is -2.13. The summed E-state index contributed by atoms with van der Waals surface area (Å²) < 4.78 is 3.38. The summed E-state index contributed by atoms with van der Waals surface area (Å²) in [6.45, 7) is 3.07. The number of thioether (sulfide) groups is 1. The van der Waals surface area contributed by atoms with E-state index in [1.807, 2.05) is 11.3 Å². The number of hydrogen-bond donors (Lipinski definition) is 0. The van der Waals surface area contributed by atoms with Crippen LogP contribution in [0.2, 0.25) is 0 Å². The molecule has 1 aliphatic carbocycles. The van der Waals surface area contributed by atoms with Crippen LogP contribution in [0, 0.1) is 0 Å². The van der Waals surface area contributed by atoms with Crippen LogP contribution in [0.15, 0.2) is 39.3 Å². The average Bonchev–Trinajstić information content (AvgIpc) is 3.24. The molecule has 0 fully saturated rings. The number of thiophene rings is 1. The molecule has 2 aromatic heterocycles. The van der Waals surface area contributed by atoms with E-state index >= 15 is 0 Å². The molecular formula is C19H20BrN3S2. The summed E-state index contributed by atoms with van der Waals surface area (Å²) >= 11 is 7.15. The third kappa shape index (κ3) is 3.57. The van der Waals surface area contributed by atoms with Crippen molar-refractivity contribution >= 4 is 39.0 Å². The van der Waals surface area contributed by atoms with E-state index < -0.39 is 0 Å². The van der Waals surface area contributed by atoms with E-state index in [1.165, 1.54) is 42.4 Å². The number of fused-ring (bicyclic) bond motifs is 1. The third-order valence-corrected chi connectivity index (χ3v) is 7.27. The maximum atomic E-state index is 4.56. The van der Waals surface area contributed by atoms with E-state index in [4.69, 9.17) is 0 Å². The van der Waals surface area contributed by atoms with Crippen LogP contribution < -0.4 is 0 Å². The Balaban J connectivity index is 1.59. The van der Waals surface area contributed by atoms with Crippen molar-refractivity contribution in [2.75, 3.05) is 0 Å². The monoisotopic (exact) mass is 433 g/mol. The Kier molecular flexibility index (Phi) is 5.29. The van der Waals surface area contributed by atoms with Crippen LogP contribution in [0.3, 0.4) is 0 Å². The molecule has 0 N–H and O–H groups in total. The number of aromatic nitrogens is 3. The molecule has 3 nitrogen and oxygen atoms in total. The summed E-state index contributed by atoms with van der Waals surface area (Å²) in [5, 5.41) is 12.3. The van der Waals surface area contributed by atoms with Gasteiger partial charge in [-0.25, -0.2) is 0 Å². The Morgan fingerprint density at radius 2 is 1.96 bits per heavy atom. The first-order chi connectivity index (χ1) is 12.3. The highest BCUT2D eigenvalue weighted by Crippen LogP contribution is 2.37. The molecule has 130 valence electrons. The highest BCUT2D eigenvalue weighted by Gasteiger charge is 2.21. The molecule has 1 aromatic carbocycles. The van der Waals surface area contributed by atoms with Gasteiger partial charge in [-0.1, -0.05) is 39.8 Å². The van der Waals surface area contributed by atoms with E-state index in [0.29, 0.717) is 0 Å². The molecule has 0 atom stereocenters. The summed E-state index contributed by atoms with van der Waals surface area (Å²) in [6.07, 6.45) is 5.03. The lowest BCUT2D eigenvalue weighted by molar-refractivity contribution is 0.680. The smallest absolute Gasteiger partial charge is 0.191 e. The summed E-state index contributed by atoms with van der Waals surface area (Å²) in [7, 11) is 0. The zero-order valence-electron chi connectivity index (χ0n) is 14.2. The molecule has 3 aromatic rings. The molecule has 0 amide bonds. The molecule has 0 aliphatic heterocycles. The molecule has 25 heavy (non-hydrogen) atoms. The van der Waals surface area contributed by atoms with Gasteiger partial charge in [0.05, 0.1) is 0 Å². The quantitative estimate of drug-likeness (QED) is 0.464. The molecule has 0 bridgehead atoms. The maximum absolute atomic E-state index is 4.56. The number of halogens is 1. The number of hydrogen-bond acceptors (Lipinski definition) is 4. The van der Waals surface area contributed by atoms with Crippen LogP contribution in [0.25, 0.3) is 11.4 Å². The lowest BCUT2D eigenvalue weighted by Crippen LogP contribution is -2.03. The molecule has 4 rings (SSSR count). The van der Waals surface area contributed by atoms with Crippen LogP contribution >= 0.6 is 39.0 Å². The van der Waals surface area contributed by atoms with Gasteiger partial charge in [0, 0.05) is 32.6 Å². The van der Waals surface area contributed by atoms with Gasteiger partial charge in [0.2, 0.25) is 0 Å². The van der Waals surface area contributed by atoms with Crippen LogP contribution in [0.1, 0.15) is 35.8 Å². The Morgan fingerprint density at radius 3 is 2.76 bits per heavy atom. The number of rotatable bonds is 5. The SMILES string of the molecule is CCn1c(SCc2ccc(Br)cc2)nnc1-c1csc2c1CCCC2.